The molecule has 0 aliphatic carbocycles. The van der Waals surface area contributed by atoms with E-state index in [0.717, 1.165) is 0 Å². The van der Waals surface area contributed by atoms with E-state index in [1.807, 2.05) is 0 Å². The second-order valence-electron chi connectivity index (χ2n) is 7.24. The fourth-order valence-electron chi connectivity index (χ4n) is 2.81. The third-order valence-electron chi connectivity index (χ3n) is 3.90. The van der Waals surface area contributed by atoms with Crippen LogP contribution in [0.5, 0.6) is 5.88 Å². The SMILES string of the molecule is CC(C)(C)OC(=O)COc1cccc(CN2C(=O)c3ccccc3C2O)n1. The van der Waals surface area contributed by atoms with Crippen LogP contribution in [0.3, 0.4) is 0 Å². The number of amides is 1. The van der Waals surface area contributed by atoms with Crippen molar-refractivity contribution < 1.29 is 24.2 Å². The van der Waals surface area contributed by atoms with Gasteiger partial charge in [-0.3, -0.25) is 4.79 Å². The molecular weight excluding hydrogens is 348 g/mol. The van der Waals surface area contributed by atoms with Crippen molar-refractivity contribution in [3.63, 3.8) is 0 Å². The van der Waals surface area contributed by atoms with Gasteiger partial charge in [-0.25, -0.2) is 9.78 Å². The number of ether oxygens (including phenoxy) is 2. The Labute approximate surface area is 157 Å². The normalized spacial score (nSPS) is 16.2. The van der Waals surface area contributed by atoms with Crippen LogP contribution in [-0.4, -0.2) is 39.1 Å². The zero-order chi connectivity index (χ0) is 19.6. The molecule has 2 heterocycles. The topological polar surface area (TPSA) is 89.0 Å². The van der Waals surface area contributed by atoms with Crippen LogP contribution in [0.2, 0.25) is 0 Å². The zero-order valence-corrected chi connectivity index (χ0v) is 15.5. The van der Waals surface area contributed by atoms with E-state index in [4.69, 9.17) is 9.47 Å². The number of hydrogen-bond donors (Lipinski definition) is 1. The monoisotopic (exact) mass is 370 g/mol. The summed E-state index contributed by atoms with van der Waals surface area (Å²) in [5, 5.41) is 10.4. The zero-order valence-electron chi connectivity index (χ0n) is 15.5. The van der Waals surface area contributed by atoms with Gasteiger partial charge in [0.2, 0.25) is 5.88 Å². The third kappa shape index (κ3) is 4.43. The summed E-state index contributed by atoms with van der Waals surface area (Å²) in [6, 6.07) is 12.0. The summed E-state index contributed by atoms with van der Waals surface area (Å²) in [6.07, 6.45) is -1.01. The molecule has 0 fully saturated rings. The van der Waals surface area contributed by atoms with Gasteiger partial charge >= 0.3 is 5.97 Å². The summed E-state index contributed by atoms with van der Waals surface area (Å²) in [5.74, 6) is -0.493. The minimum Gasteiger partial charge on any atom is -0.466 e. The fraction of sp³-hybridized carbons (Fsp3) is 0.350. The molecule has 7 nitrogen and oxygen atoms in total. The predicted molar refractivity (Wildman–Crippen MR) is 96.9 cm³/mol. The Kier molecular flexibility index (Phi) is 5.14. The van der Waals surface area contributed by atoms with Crippen molar-refractivity contribution in [2.75, 3.05) is 6.61 Å². The van der Waals surface area contributed by atoms with Gasteiger partial charge in [0.1, 0.15) is 5.60 Å². The van der Waals surface area contributed by atoms with E-state index in [0.29, 0.717) is 16.8 Å². The second kappa shape index (κ2) is 7.36. The highest BCUT2D eigenvalue weighted by Gasteiger charge is 2.35. The van der Waals surface area contributed by atoms with Crippen molar-refractivity contribution in [3.8, 4) is 5.88 Å². The van der Waals surface area contributed by atoms with E-state index in [9.17, 15) is 14.7 Å². The average Bonchev–Trinajstić information content (AvgIpc) is 2.84. The summed E-state index contributed by atoms with van der Waals surface area (Å²) < 4.78 is 10.6. The van der Waals surface area contributed by atoms with E-state index in [-0.39, 0.29) is 24.9 Å². The molecule has 1 aliphatic heterocycles. The number of aliphatic hydroxyl groups excluding tert-OH is 1. The van der Waals surface area contributed by atoms with E-state index >= 15 is 0 Å². The molecule has 1 N–H and O–H groups in total. The van der Waals surface area contributed by atoms with Crippen LogP contribution in [0.15, 0.2) is 42.5 Å². The van der Waals surface area contributed by atoms with Crippen molar-refractivity contribution in [3.05, 3.63) is 59.3 Å². The van der Waals surface area contributed by atoms with Gasteiger partial charge in [0.15, 0.2) is 12.8 Å². The van der Waals surface area contributed by atoms with Gasteiger partial charge < -0.3 is 19.5 Å². The lowest BCUT2D eigenvalue weighted by Crippen LogP contribution is -2.28. The molecular formula is C20H22N2O5. The molecule has 2 aromatic rings. The van der Waals surface area contributed by atoms with Crippen LogP contribution in [-0.2, 0) is 16.1 Å². The summed E-state index contributed by atoms with van der Waals surface area (Å²) in [7, 11) is 0. The first-order valence-electron chi connectivity index (χ1n) is 8.63. The third-order valence-corrected chi connectivity index (χ3v) is 3.90. The highest BCUT2D eigenvalue weighted by Crippen LogP contribution is 2.32. The van der Waals surface area contributed by atoms with Gasteiger partial charge in [-0.05, 0) is 32.9 Å². The molecule has 0 spiro atoms. The molecule has 0 bridgehead atoms. The number of aromatic nitrogens is 1. The largest absolute Gasteiger partial charge is 0.466 e. The molecule has 7 heteroatoms. The number of rotatable bonds is 5. The lowest BCUT2D eigenvalue weighted by atomic mass is 10.1. The maximum Gasteiger partial charge on any atom is 0.344 e. The van der Waals surface area contributed by atoms with Crippen LogP contribution >= 0.6 is 0 Å². The molecule has 0 saturated heterocycles. The molecule has 27 heavy (non-hydrogen) atoms. The van der Waals surface area contributed by atoms with Crippen LogP contribution in [0.4, 0.5) is 0 Å². The number of pyridine rings is 1. The first kappa shape index (κ1) is 18.8. The summed E-state index contributed by atoms with van der Waals surface area (Å²) in [5.41, 5.74) is 1.02. The molecule has 1 aromatic carbocycles. The summed E-state index contributed by atoms with van der Waals surface area (Å²) in [6.45, 7) is 5.20. The minimum atomic E-state index is -1.01. The molecule has 0 radical (unpaired) electrons. The van der Waals surface area contributed by atoms with Crippen LogP contribution in [0.1, 0.15) is 48.6 Å². The van der Waals surface area contributed by atoms with E-state index < -0.39 is 17.8 Å². The molecule has 1 unspecified atom stereocenters. The molecule has 1 aromatic heterocycles. The van der Waals surface area contributed by atoms with Crippen LogP contribution in [0.25, 0.3) is 0 Å². The van der Waals surface area contributed by atoms with E-state index in [1.165, 1.54) is 4.90 Å². The highest BCUT2D eigenvalue weighted by molar-refractivity contribution is 5.98. The number of fused-ring (bicyclic) bond motifs is 1. The van der Waals surface area contributed by atoms with Gasteiger partial charge in [-0.1, -0.05) is 24.3 Å². The number of esters is 1. The maximum atomic E-state index is 12.5. The second-order valence-corrected chi connectivity index (χ2v) is 7.24. The quantitative estimate of drug-likeness (QED) is 0.814. The fourth-order valence-corrected chi connectivity index (χ4v) is 2.81. The molecule has 1 amide bonds. The number of benzene rings is 1. The van der Waals surface area contributed by atoms with Crippen molar-refractivity contribution in [1.82, 2.24) is 9.88 Å². The van der Waals surface area contributed by atoms with Crippen molar-refractivity contribution in [2.24, 2.45) is 0 Å². The van der Waals surface area contributed by atoms with E-state index in [2.05, 4.69) is 4.98 Å². The number of nitrogens with zero attached hydrogens (tertiary/aromatic N) is 2. The molecule has 142 valence electrons. The Balaban J connectivity index is 1.65. The first-order valence-corrected chi connectivity index (χ1v) is 8.63. The number of carbonyl (C=O) groups excluding carboxylic acids is 2. The highest BCUT2D eigenvalue weighted by atomic mass is 16.6. The number of hydrogen-bond acceptors (Lipinski definition) is 6. The van der Waals surface area contributed by atoms with Crippen LogP contribution in [0, 0.1) is 0 Å². The van der Waals surface area contributed by atoms with Gasteiger partial charge in [0.25, 0.3) is 5.91 Å². The summed E-state index contributed by atoms with van der Waals surface area (Å²) >= 11 is 0. The van der Waals surface area contributed by atoms with Gasteiger partial charge in [-0.15, -0.1) is 0 Å². The minimum absolute atomic E-state index is 0.123. The Bertz CT molecular complexity index is 859. The lowest BCUT2D eigenvalue weighted by molar-refractivity contribution is -0.157. The Morgan fingerprint density at radius 1 is 1.19 bits per heavy atom. The Hall–Kier alpha value is -2.93. The molecule has 1 aliphatic rings. The Morgan fingerprint density at radius 3 is 2.63 bits per heavy atom. The maximum absolute atomic E-state index is 12.5. The molecule has 1 atom stereocenters. The number of carbonyl (C=O) groups is 2. The summed E-state index contributed by atoms with van der Waals surface area (Å²) in [4.78, 5) is 29.9. The molecule has 3 rings (SSSR count). The van der Waals surface area contributed by atoms with Crippen molar-refractivity contribution in [2.45, 2.75) is 39.1 Å². The van der Waals surface area contributed by atoms with E-state index in [1.54, 1.807) is 63.2 Å². The predicted octanol–water partition coefficient (Wildman–Crippen LogP) is 2.45. The molecule has 0 saturated carbocycles. The lowest BCUT2D eigenvalue weighted by Gasteiger charge is -2.21. The van der Waals surface area contributed by atoms with Crippen molar-refractivity contribution >= 4 is 11.9 Å². The van der Waals surface area contributed by atoms with Crippen molar-refractivity contribution in [1.29, 1.82) is 0 Å². The average molecular weight is 370 g/mol. The standard InChI is InChI=1S/C20H22N2O5/c1-20(2,3)27-17(23)12-26-16-10-6-7-13(21-16)11-22-18(24)14-8-4-5-9-15(14)19(22)25/h4-10,18,24H,11-12H2,1-3H3. The number of aliphatic hydroxyl groups is 1. The van der Waals surface area contributed by atoms with Crippen LogP contribution < -0.4 is 4.74 Å². The van der Waals surface area contributed by atoms with Gasteiger partial charge in [0, 0.05) is 17.2 Å². The smallest absolute Gasteiger partial charge is 0.344 e. The van der Waals surface area contributed by atoms with Gasteiger partial charge in [0.05, 0.1) is 12.2 Å². The van der Waals surface area contributed by atoms with Gasteiger partial charge in [-0.2, -0.15) is 0 Å². The first-order chi connectivity index (χ1) is 12.7. The Morgan fingerprint density at radius 2 is 1.93 bits per heavy atom.